The Hall–Kier alpha value is -5.97. The third-order valence-corrected chi connectivity index (χ3v) is 11.1. The molecule has 270 valence electrons. The Morgan fingerprint density at radius 1 is 1.04 bits per heavy atom. The van der Waals surface area contributed by atoms with Crippen LogP contribution < -0.4 is 10.9 Å². The van der Waals surface area contributed by atoms with Crippen molar-refractivity contribution < 1.29 is 9.59 Å². The van der Waals surface area contributed by atoms with Crippen LogP contribution in [0.5, 0.6) is 0 Å². The van der Waals surface area contributed by atoms with Gasteiger partial charge in [0.1, 0.15) is 29.2 Å². The van der Waals surface area contributed by atoms with Crippen LogP contribution in [-0.4, -0.2) is 51.6 Å². The third-order valence-electron chi connectivity index (χ3n) is 9.63. The van der Waals surface area contributed by atoms with Crippen LogP contribution in [0.25, 0.3) is 22.0 Å². The van der Waals surface area contributed by atoms with E-state index < -0.39 is 11.9 Å². The minimum Gasteiger partial charge on any atom is -0.295 e. The number of rotatable bonds is 7. The summed E-state index contributed by atoms with van der Waals surface area (Å²) < 4.78 is 5.37. The highest BCUT2D eigenvalue weighted by Crippen LogP contribution is 2.36. The quantitative estimate of drug-likeness (QED) is 0.119. The van der Waals surface area contributed by atoms with Gasteiger partial charge in [0.05, 0.1) is 33.3 Å². The molecule has 2 aliphatic rings. The Labute approximate surface area is 319 Å². The Kier molecular flexibility index (Phi) is 9.39. The minimum absolute atomic E-state index is 0.177. The lowest BCUT2D eigenvalue weighted by molar-refractivity contribution is -0.135. The number of nitrogens with one attached hydrogen (secondary N) is 1. The van der Waals surface area contributed by atoms with Gasteiger partial charge in [0.2, 0.25) is 11.8 Å². The summed E-state index contributed by atoms with van der Waals surface area (Å²) in [6.07, 6.45) is 9.68. The number of halogens is 1. The zero-order valence-corrected chi connectivity index (χ0v) is 31.3. The van der Waals surface area contributed by atoms with E-state index in [1.54, 1.807) is 30.5 Å². The molecule has 1 atom stereocenters. The third kappa shape index (κ3) is 6.59. The van der Waals surface area contributed by atoms with Crippen molar-refractivity contribution in [2.24, 2.45) is 4.99 Å². The molecule has 1 N–H and O–H groups in total. The van der Waals surface area contributed by atoms with Crippen molar-refractivity contribution >= 4 is 57.4 Å². The molecule has 54 heavy (non-hydrogen) atoms. The predicted molar refractivity (Wildman–Crippen MR) is 208 cm³/mol. The minimum atomic E-state index is -0.771. The molecule has 8 rings (SSSR count). The monoisotopic (exact) mass is 755 g/mol. The lowest BCUT2D eigenvalue weighted by atomic mass is 10.00. The van der Waals surface area contributed by atoms with Crippen LogP contribution in [0.3, 0.4) is 0 Å². The first kappa shape index (κ1) is 35.1. The Balaban J connectivity index is 0.971. The summed E-state index contributed by atoms with van der Waals surface area (Å²) >= 11 is 7.81. The number of aryl methyl sites for hydroxylation is 3. The van der Waals surface area contributed by atoms with E-state index >= 15 is 0 Å². The maximum absolute atomic E-state index is 13.7. The number of thiophene rings is 1. The molecule has 0 spiro atoms. The van der Waals surface area contributed by atoms with Gasteiger partial charge < -0.3 is 0 Å². The van der Waals surface area contributed by atoms with E-state index in [-0.39, 0.29) is 24.3 Å². The molecule has 0 aliphatic carbocycles. The van der Waals surface area contributed by atoms with Crippen LogP contribution in [0.4, 0.5) is 0 Å². The first-order chi connectivity index (χ1) is 26.2. The van der Waals surface area contributed by atoms with Gasteiger partial charge in [-0.2, -0.15) is 5.10 Å². The van der Waals surface area contributed by atoms with Gasteiger partial charge in [-0.25, -0.2) is 4.98 Å². The van der Waals surface area contributed by atoms with Gasteiger partial charge in [0, 0.05) is 35.3 Å². The summed E-state index contributed by atoms with van der Waals surface area (Å²) in [5.74, 6) is 7.92. The van der Waals surface area contributed by atoms with Crippen LogP contribution in [-0.2, 0) is 22.7 Å². The summed E-state index contributed by atoms with van der Waals surface area (Å²) in [5, 5.41) is 17.7. The zero-order chi connectivity index (χ0) is 37.5. The van der Waals surface area contributed by atoms with Crippen molar-refractivity contribution in [2.75, 3.05) is 0 Å². The van der Waals surface area contributed by atoms with Gasteiger partial charge in [-0.15, -0.1) is 21.5 Å². The number of hydrogen-bond donors (Lipinski definition) is 1. The SMILES string of the molecule is Cc1c(C#Cc2cnn(CCC/C=C/c3cccc4nc(C)n(C5CCC(=O)NC5=O)c(=O)c34)c2)sc2c1C(c1ccc(Cl)cc1)=NCc1nnc(C)n1-2. The van der Waals surface area contributed by atoms with Crippen LogP contribution in [0.1, 0.15) is 81.9 Å². The van der Waals surface area contributed by atoms with E-state index in [0.29, 0.717) is 34.8 Å². The lowest BCUT2D eigenvalue weighted by Gasteiger charge is -2.24. The van der Waals surface area contributed by atoms with Crippen molar-refractivity contribution in [1.82, 2.24) is 39.4 Å². The van der Waals surface area contributed by atoms with E-state index in [2.05, 4.69) is 48.9 Å². The molecule has 14 heteroatoms. The van der Waals surface area contributed by atoms with Gasteiger partial charge in [-0.3, -0.25) is 38.5 Å². The van der Waals surface area contributed by atoms with Crippen molar-refractivity contribution in [1.29, 1.82) is 0 Å². The van der Waals surface area contributed by atoms with Gasteiger partial charge in [-0.1, -0.05) is 59.9 Å². The first-order valence-corrected chi connectivity index (χ1v) is 18.8. The van der Waals surface area contributed by atoms with Gasteiger partial charge >= 0.3 is 0 Å². The second-order valence-corrected chi connectivity index (χ2v) is 14.7. The number of allylic oxidation sites excluding steroid dienone is 1. The van der Waals surface area contributed by atoms with Crippen LogP contribution in [0.15, 0.2) is 70.7 Å². The highest BCUT2D eigenvalue weighted by atomic mass is 35.5. The number of fused-ring (bicyclic) bond motifs is 4. The maximum atomic E-state index is 13.7. The number of nitrogens with zero attached hydrogens (tertiary/aromatic N) is 8. The second kappa shape index (κ2) is 14.5. The molecule has 0 radical (unpaired) electrons. The van der Waals surface area contributed by atoms with Crippen molar-refractivity contribution in [2.45, 2.75) is 65.6 Å². The standard InChI is InChI=1S/C40H34ClN9O3S/c1-23-32(54-40-35(23)37(28-12-14-29(41)15-13-28)42-21-33-47-46-25(3)50(33)40)17-11-26-20-43-48(22-26)19-6-4-5-8-27-9-7-10-30-36(27)39(53)49(24(2)44-30)31-16-18-34(51)45-38(31)52/h5,7-10,12-15,20,22,31H,4,6,16,18-19,21H2,1-3H3,(H,45,51,52)/b8-5+. The number of carbonyl (C=O) groups is 2. The average molecular weight is 756 g/mol. The number of carbonyl (C=O) groups excluding carboxylic acids is 2. The zero-order valence-electron chi connectivity index (χ0n) is 29.8. The number of imide groups is 1. The summed E-state index contributed by atoms with van der Waals surface area (Å²) in [6, 6.07) is 12.5. The smallest absolute Gasteiger partial charge is 0.262 e. The summed E-state index contributed by atoms with van der Waals surface area (Å²) in [7, 11) is 0. The highest BCUT2D eigenvalue weighted by molar-refractivity contribution is 7.15. The molecular weight excluding hydrogens is 722 g/mol. The summed E-state index contributed by atoms with van der Waals surface area (Å²) in [4.78, 5) is 48.6. The van der Waals surface area contributed by atoms with E-state index in [1.165, 1.54) is 4.57 Å². The van der Waals surface area contributed by atoms with Gasteiger partial charge in [-0.05, 0) is 69.4 Å². The average Bonchev–Trinajstić information content (AvgIpc) is 3.82. The molecule has 2 aromatic carbocycles. The predicted octanol–water partition coefficient (Wildman–Crippen LogP) is 6.04. The van der Waals surface area contributed by atoms with E-state index in [1.807, 2.05) is 66.4 Å². The highest BCUT2D eigenvalue weighted by Gasteiger charge is 2.31. The van der Waals surface area contributed by atoms with E-state index in [9.17, 15) is 14.4 Å². The van der Waals surface area contributed by atoms with Gasteiger partial charge in [0.15, 0.2) is 5.82 Å². The first-order valence-electron chi connectivity index (χ1n) is 17.6. The van der Waals surface area contributed by atoms with E-state index in [4.69, 9.17) is 16.6 Å². The number of benzene rings is 2. The number of hydrogen-bond acceptors (Lipinski definition) is 9. The molecule has 6 heterocycles. The Bertz CT molecular complexity index is 2670. The topological polar surface area (TPSA) is 142 Å². The molecular formula is C40H34ClN9O3S. The molecule has 12 nitrogen and oxygen atoms in total. The van der Waals surface area contributed by atoms with Crippen LogP contribution in [0, 0.1) is 32.6 Å². The molecule has 2 aliphatic heterocycles. The normalized spacial score (nSPS) is 15.4. The summed E-state index contributed by atoms with van der Waals surface area (Å²) in [5.41, 5.74) is 5.74. The second-order valence-electron chi connectivity index (χ2n) is 13.2. The molecule has 6 aromatic rings. The van der Waals surface area contributed by atoms with Crippen molar-refractivity contribution in [3.8, 4) is 16.8 Å². The molecule has 1 fully saturated rings. The molecule has 1 unspecified atom stereocenters. The fraction of sp³-hybridized carbons (Fsp3) is 0.250. The maximum Gasteiger partial charge on any atom is 0.262 e. The number of amides is 2. The lowest BCUT2D eigenvalue weighted by Crippen LogP contribution is -2.45. The van der Waals surface area contributed by atoms with Crippen molar-refractivity contribution in [3.63, 3.8) is 0 Å². The fourth-order valence-corrected chi connectivity index (χ4v) is 8.33. The number of unbranched alkanes of at least 4 members (excludes halogenated alkanes) is 1. The molecule has 1 saturated heterocycles. The molecule has 4 aromatic heterocycles. The number of aliphatic imine (C=N–C) groups is 1. The number of piperidine rings is 1. The van der Waals surface area contributed by atoms with Crippen molar-refractivity contribution in [3.05, 3.63) is 126 Å². The fourth-order valence-electron chi connectivity index (χ4n) is 6.97. The molecule has 0 bridgehead atoms. The van der Waals surface area contributed by atoms with Crippen LogP contribution in [0.2, 0.25) is 5.02 Å². The van der Waals surface area contributed by atoms with Crippen LogP contribution >= 0.6 is 22.9 Å². The summed E-state index contributed by atoms with van der Waals surface area (Å²) in [6.45, 7) is 6.84. The largest absolute Gasteiger partial charge is 0.295 e. The van der Waals surface area contributed by atoms with E-state index in [0.717, 1.165) is 67.9 Å². The Morgan fingerprint density at radius 2 is 1.87 bits per heavy atom. The molecule has 2 amide bonds. The Morgan fingerprint density at radius 3 is 2.69 bits per heavy atom. The number of aromatic nitrogens is 7. The molecule has 0 saturated carbocycles. The van der Waals surface area contributed by atoms with Gasteiger partial charge in [0.25, 0.3) is 5.56 Å².